The van der Waals surface area contributed by atoms with Crippen LogP contribution >= 0.6 is 22.9 Å². The van der Waals surface area contributed by atoms with Gasteiger partial charge < -0.3 is 11.1 Å². The van der Waals surface area contributed by atoms with Gasteiger partial charge in [-0.3, -0.25) is 4.79 Å². The van der Waals surface area contributed by atoms with Gasteiger partial charge >= 0.3 is 0 Å². The lowest BCUT2D eigenvalue weighted by molar-refractivity contribution is 0.100. The van der Waals surface area contributed by atoms with Gasteiger partial charge in [0, 0.05) is 27.5 Å². The number of thiophene rings is 1. The van der Waals surface area contributed by atoms with Crippen LogP contribution < -0.4 is 11.1 Å². The Kier molecular flexibility index (Phi) is 3.82. The van der Waals surface area contributed by atoms with Gasteiger partial charge in [-0.25, -0.2) is 0 Å². The van der Waals surface area contributed by atoms with Crippen molar-refractivity contribution in [2.24, 2.45) is 5.73 Å². The summed E-state index contributed by atoms with van der Waals surface area (Å²) in [5.74, 6) is -0.473. The van der Waals surface area contributed by atoms with Gasteiger partial charge in [0.15, 0.2) is 0 Å². The highest BCUT2D eigenvalue weighted by molar-refractivity contribution is 7.17. The molecular formula is C16H13ClN2OS. The molecule has 0 atom stereocenters. The number of anilines is 1. The fourth-order valence-electron chi connectivity index (χ4n) is 2.12. The molecule has 3 N–H and O–H groups in total. The lowest BCUT2D eigenvalue weighted by atomic mass is 10.1. The second-order valence-corrected chi connectivity index (χ2v) is 6.05. The van der Waals surface area contributed by atoms with Crippen LogP contribution in [0.4, 0.5) is 5.69 Å². The number of nitrogens with two attached hydrogens (primary N) is 1. The van der Waals surface area contributed by atoms with Crippen LogP contribution in [0.15, 0.2) is 47.8 Å². The zero-order valence-corrected chi connectivity index (χ0v) is 12.7. The lowest BCUT2D eigenvalue weighted by Crippen LogP contribution is -2.11. The summed E-state index contributed by atoms with van der Waals surface area (Å²) in [5.41, 5.74) is 7.61. The van der Waals surface area contributed by atoms with Gasteiger partial charge in [0.25, 0.3) is 0 Å². The van der Waals surface area contributed by atoms with Gasteiger partial charge in [-0.05, 0) is 52.7 Å². The largest absolute Gasteiger partial charge is 0.381 e. The smallest absolute Gasteiger partial charge is 0.248 e. The van der Waals surface area contributed by atoms with E-state index in [1.54, 1.807) is 23.5 Å². The lowest BCUT2D eigenvalue weighted by Gasteiger charge is -2.09. The third kappa shape index (κ3) is 3.01. The van der Waals surface area contributed by atoms with E-state index in [-0.39, 0.29) is 0 Å². The van der Waals surface area contributed by atoms with E-state index in [0.717, 1.165) is 11.3 Å². The maximum Gasteiger partial charge on any atom is 0.248 e. The molecule has 0 saturated carbocycles. The number of hydrogen-bond donors (Lipinski definition) is 2. The summed E-state index contributed by atoms with van der Waals surface area (Å²) in [4.78, 5) is 11.1. The molecule has 0 fully saturated rings. The second-order valence-electron chi connectivity index (χ2n) is 4.70. The average molecular weight is 317 g/mol. The van der Waals surface area contributed by atoms with E-state index in [1.165, 1.54) is 10.1 Å². The van der Waals surface area contributed by atoms with Crippen LogP contribution in [-0.2, 0) is 6.54 Å². The molecule has 0 unspecified atom stereocenters. The molecule has 0 spiro atoms. The van der Waals surface area contributed by atoms with Crippen molar-refractivity contribution in [2.45, 2.75) is 6.54 Å². The van der Waals surface area contributed by atoms with Crippen LogP contribution in [0, 0.1) is 0 Å². The van der Waals surface area contributed by atoms with Crippen LogP contribution in [0.25, 0.3) is 10.1 Å². The van der Waals surface area contributed by atoms with Crippen LogP contribution in [0.3, 0.4) is 0 Å². The van der Waals surface area contributed by atoms with Crippen LogP contribution in [0.5, 0.6) is 0 Å². The second kappa shape index (κ2) is 5.76. The minimum Gasteiger partial charge on any atom is -0.381 e. The molecule has 21 heavy (non-hydrogen) atoms. The number of fused-ring (bicyclic) bond motifs is 1. The molecule has 0 saturated heterocycles. The summed E-state index contributed by atoms with van der Waals surface area (Å²) in [7, 11) is 0. The number of primary amides is 1. The highest BCUT2D eigenvalue weighted by atomic mass is 35.5. The maximum absolute atomic E-state index is 11.1. The zero-order valence-electron chi connectivity index (χ0n) is 11.1. The molecule has 3 rings (SSSR count). The highest BCUT2D eigenvalue weighted by Crippen LogP contribution is 2.25. The minimum atomic E-state index is -0.473. The molecule has 1 aromatic heterocycles. The number of carbonyl (C=O) groups is 1. The van der Waals surface area contributed by atoms with Crippen LogP contribution in [0.1, 0.15) is 15.9 Å². The van der Waals surface area contributed by atoms with E-state index >= 15 is 0 Å². The summed E-state index contributed by atoms with van der Waals surface area (Å²) in [5, 5.41) is 7.17. The molecule has 3 aromatic rings. The molecule has 0 radical (unpaired) electrons. The Morgan fingerprint density at radius 1 is 1.19 bits per heavy atom. The Bertz CT molecular complexity index is 813. The van der Waals surface area contributed by atoms with Gasteiger partial charge in [-0.2, -0.15) is 0 Å². The van der Waals surface area contributed by atoms with Crippen molar-refractivity contribution in [1.29, 1.82) is 0 Å². The van der Waals surface area contributed by atoms with Crippen molar-refractivity contribution in [3.05, 3.63) is 64.0 Å². The molecule has 0 bridgehead atoms. The van der Waals surface area contributed by atoms with Gasteiger partial charge in [0.1, 0.15) is 0 Å². The molecule has 5 heteroatoms. The highest BCUT2D eigenvalue weighted by Gasteiger charge is 2.06. The number of amides is 1. The quantitative estimate of drug-likeness (QED) is 0.755. The molecule has 106 valence electrons. The predicted octanol–water partition coefficient (Wildman–Crippen LogP) is 4.27. The topological polar surface area (TPSA) is 55.1 Å². The molecule has 0 aliphatic carbocycles. The number of rotatable bonds is 4. The van der Waals surface area contributed by atoms with Crippen molar-refractivity contribution in [3.63, 3.8) is 0 Å². The third-order valence-electron chi connectivity index (χ3n) is 3.27. The fourth-order valence-corrected chi connectivity index (χ4v) is 3.14. The zero-order chi connectivity index (χ0) is 14.8. The van der Waals surface area contributed by atoms with Gasteiger partial charge in [-0.1, -0.05) is 17.7 Å². The van der Waals surface area contributed by atoms with E-state index in [4.69, 9.17) is 17.3 Å². The third-order valence-corrected chi connectivity index (χ3v) is 4.52. The molecule has 1 heterocycles. The van der Waals surface area contributed by atoms with E-state index in [2.05, 4.69) is 28.9 Å². The first-order valence-corrected chi connectivity index (χ1v) is 7.68. The summed E-state index contributed by atoms with van der Waals surface area (Å²) in [6.45, 7) is 0.591. The molecule has 2 aromatic carbocycles. The monoisotopic (exact) mass is 316 g/mol. The van der Waals surface area contributed by atoms with Crippen LogP contribution in [0.2, 0.25) is 5.02 Å². The number of halogens is 1. The molecule has 3 nitrogen and oxygen atoms in total. The molecule has 0 aliphatic rings. The van der Waals surface area contributed by atoms with Crippen molar-refractivity contribution >= 4 is 44.6 Å². The molecule has 0 aliphatic heterocycles. The number of nitrogens with one attached hydrogen (secondary N) is 1. The summed E-state index contributed by atoms with van der Waals surface area (Å²) in [6, 6.07) is 13.5. The Morgan fingerprint density at radius 3 is 2.81 bits per heavy atom. The SMILES string of the molecule is NC(=O)c1ccc(CNc2ccc3sccc3c2)c(Cl)c1. The van der Waals surface area contributed by atoms with Crippen molar-refractivity contribution in [3.8, 4) is 0 Å². The first-order valence-electron chi connectivity index (χ1n) is 6.43. The Balaban J connectivity index is 1.76. The standard InChI is InChI=1S/C16H13ClN2OS/c17-14-8-11(16(18)20)1-2-12(14)9-19-13-3-4-15-10(7-13)5-6-21-15/h1-8,19H,9H2,(H2,18,20). The molecule has 1 amide bonds. The van der Waals surface area contributed by atoms with Crippen molar-refractivity contribution in [2.75, 3.05) is 5.32 Å². The first kappa shape index (κ1) is 13.9. The van der Waals surface area contributed by atoms with Gasteiger partial charge in [0.05, 0.1) is 0 Å². The van der Waals surface area contributed by atoms with E-state index in [1.807, 2.05) is 12.1 Å². The Hall–Kier alpha value is -2.04. The fraction of sp³-hybridized carbons (Fsp3) is 0.0625. The van der Waals surface area contributed by atoms with E-state index < -0.39 is 5.91 Å². The summed E-state index contributed by atoms with van der Waals surface area (Å²) in [6.07, 6.45) is 0. The minimum absolute atomic E-state index is 0.420. The van der Waals surface area contributed by atoms with E-state index in [0.29, 0.717) is 17.1 Å². The van der Waals surface area contributed by atoms with E-state index in [9.17, 15) is 4.79 Å². The van der Waals surface area contributed by atoms with Gasteiger partial charge in [-0.15, -0.1) is 11.3 Å². The Morgan fingerprint density at radius 2 is 2.05 bits per heavy atom. The summed E-state index contributed by atoms with van der Waals surface area (Å²) >= 11 is 7.90. The normalized spacial score (nSPS) is 10.7. The van der Waals surface area contributed by atoms with Gasteiger partial charge in [0.2, 0.25) is 5.91 Å². The first-order chi connectivity index (χ1) is 10.1. The van der Waals surface area contributed by atoms with Crippen molar-refractivity contribution in [1.82, 2.24) is 0 Å². The number of hydrogen-bond acceptors (Lipinski definition) is 3. The van der Waals surface area contributed by atoms with Crippen LogP contribution in [-0.4, -0.2) is 5.91 Å². The number of benzene rings is 2. The average Bonchev–Trinajstić information content (AvgIpc) is 2.93. The Labute approximate surface area is 131 Å². The number of carbonyl (C=O) groups excluding carboxylic acids is 1. The maximum atomic E-state index is 11.1. The summed E-state index contributed by atoms with van der Waals surface area (Å²) < 4.78 is 1.27. The molecular weight excluding hydrogens is 304 g/mol. The predicted molar refractivity (Wildman–Crippen MR) is 89.1 cm³/mol. The van der Waals surface area contributed by atoms with Crippen molar-refractivity contribution < 1.29 is 4.79 Å².